The van der Waals surface area contributed by atoms with Crippen molar-refractivity contribution in [1.82, 2.24) is 20.0 Å². The molecule has 8 heteroatoms. The lowest BCUT2D eigenvalue weighted by Gasteiger charge is -2.21. The van der Waals surface area contributed by atoms with Crippen molar-refractivity contribution in [3.63, 3.8) is 0 Å². The fraction of sp³-hybridized carbons (Fsp3) is 0.320. The number of hydrogen-bond acceptors (Lipinski definition) is 5. The Kier molecular flexibility index (Phi) is 5.64. The molecule has 0 aliphatic heterocycles. The van der Waals surface area contributed by atoms with Gasteiger partial charge in [-0.05, 0) is 49.6 Å². The van der Waals surface area contributed by atoms with Crippen LogP contribution in [0.1, 0.15) is 52.8 Å². The third-order valence-electron chi connectivity index (χ3n) is 6.44. The number of imidazole rings is 1. The summed E-state index contributed by atoms with van der Waals surface area (Å²) in [7, 11) is 1.61. The lowest BCUT2D eigenvalue weighted by Crippen LogP contribution is -2.32. The van der Waals surface area contributed by atoms with Crippen LogP contribution in [-0.2, 0) is 0 Å². The molecule has 0 radical (unpaired) electrons. The van der Waals surface area contributed by atoms with Crippen LogP contribution < -0.4 is 10.6 Å². The summed E-state index contributed by atoms with van der Waals surface area (Å²) < 4.78 is 3.01. The lowest BCUT2D eigenvalue weighted by molar-refractivity contribution is 0.0389. The largest absolute Gasteiger partial charge is 0.390 e. The minimum absolute atomic E-state index is 0.118. The summed E-state index contributed by atoms with van der Waals surface area (Å²) in [6, 6.07) is 13.0. The van der Waals surface area contributed by atoms with Crippen molar-refractivity contribution >= 4 is 38.3 Å². The zero-order valence-electron chi connectivity index (χ0n) is 18.4. The second kappa shape index (κ2) is 8.61. The first kappa shape index (κ1) is 21.6. The summed E-state index contributed by atoms with van der Waals surface area (Å²) in [5.41, 5.74) is 3.36. The van der Waals surface area contributed by atoms with Gasteiger partial charge >= 0.3 is 0 Å². The van der Waals surface area contributed by atoms with Crippen LogP contribution >= 0.6 is 11.3 Å². The van der Waals surface area contributed by atoms with E-state index in [9.17, 15) is 14.7 Å². The van der Waals surface area contributed by atoms with E-state index in [1.165, 1.54) is 11.3 Å². The van der Waals surface area contributed by atoms with Crippen molar-refractivity contribution in [1.29, 1.82) is 0 Å². The number of aliphatic hydroxyl groups is 1. The second-order valence-electron chi connectivity index (χ2n) is 8.66. The average molecular weight is 463 g/mol. The molecule has 0 saturated heterocycles. The highest BCUT2D eigenvalue weighted by atomic mass is 32.1. The Hall–Kier alpha value is -3.23. The third kappa shape index (κ3) is 4.24. The fourth-order valence-corrected chi connectivity index (χ4v) is 5.56. The van der Waals surface area contributed by atoms with Crippen LogP contribution in [0, 0.1) is 0 Å². The Bertz CT molecular complexity index is 1330. The molecule has 1 saturated carbocycles. The first-order chi connectivity index (χ1) is 16.0. The number of hydrogen-bond donors (Lipinski definition) is 3. The topological polar surface area (TPSA) is 95.7 Å². The van der Waals surface area contributed by atoms with Crippen molar-refractivity contribution in [2.24, 2.45) is 0 Å². The van der Waals surface area contributed by atoms with Crippen molar-refractivity contribution in [2.45, 2.75) is 37.7 Å². The number of aromatic nitrogens is 2. The number of amides is 2. The summed E-state index contributed by atoms with van der Waals surface area (Å²) in [6.45, 7) is 0.475. The van der Waals surface area contributed by atoms with Gasteiger partial charge in [-0.2, -0.15) is 0 Å². The molecule has 2 aromatic carbocycles. The number of carbonyl (C=O) groups is 2. The molecule has 2 heterocycles. The number of nitrogens with one attached hydrogen (secondary N) is 2. The number of benzene rings is 2. The molecule has 1 aliphatic carbocycles. The van der Waals surface area contributed by atoms with Crippen molar-refractivity contribution in [2.75, 3.05) is 13.6 Å². The molecule has 0 spiro atoms. The van der Waals surface area contributed by atoms with Crippen LogP contribution in [0.5, 0.6) is 0 Å². The van der Waals surface area contributed by atoms with Crippen LogP contribution in [-0.4, -0.2) is 45.5 Å². The van der Waals surface area contributed by atoms with Gasteiger partial charge < -0.3 is 15.7 Å². The molecule has 1 fully saturated rings. The van der Waals surface area contributed by atoms with Gasteiger partial charge in [0.1, 0.15) is 0 Å². The maximum atomic E-state index is 12.6. The lowest BCUT2D eigenvalue weighted by atomic mass is 9.98. The van der Waals surface area contributed by atoms with Gasteiger partial charge in [0.05, 0.1) is 21.5 Å². The molecule has 0 atom stereocenters. The Balaban J connectivity index is 1.32. The second-order valence-corrected chi connectivity index (χ2v) is 9.67. The van der Waals surface area contributed by atoms with E-state index < -0.39 is 5.60 Å². The van der Waals surface area contributed by atoms with E-state index >= 15 is 0 Å². The summed E-state index contributed by atoms with van der Waals surface area (Å²) in [4.78, 5) is 30.0. The highest BCUT2D eigenvalue weighted by Crippen LogP contribution is 2.32. The number of fused-ring (bicyclic) bond motifs is 3. The van der Waals surface area contributed by atoms with Crippen LogP contribution in [0.3, 0.4) is 0 Å². The maximum Gasteiger partial charge on any atom is 0.251 e. The first-order valence-electron chi connectivity index (χ1n) is 11.2. The van der Waals surface area contributed by atoms with E-state index in [1.807, 2.05) is 40.9 Å². The van der Waals surface area contributed by atoms with E-state index in [-0.39, 0.29) is 11.8 Å². The molecule has 0 bridgehead atoms. The molecule has 33 heavy (non-hydrogen) atoms. The molecule has 7 nitrogen and oxygen atoms in total. The predicted octanol–water partition coefficient (Wildman–Crippen LogP) is 4.00. The van der Waals surface area contributed by atoms with Crippen LogP contribution in [0.15, 0.2) is 48.7 Å². The van der Waals surface area contributed by atoms with Crippen LogP contribution in [0.25, 0.3) is 26.4 Å². The van der Waals surface area contributed by atoms with E-state index in [0.29, 0.717) is 24.1 Å². The fourth-order valence-electron chi connectivity index (χ4n) is 4.51. The zero-order valence-corrected chi connectivity index (χ0v) is 19.2. The van der Waals surface area contributed by atoms with Gasteiger partial charge in [-0.15, -0.1) is 0 Å². The van der Waals surface area contributed by atoms with Gasteiger partial charge in [0.2, 0.25) is 0 Å². The van der Waals surface area contributed by atoms with Crippen LogP contribution in [0.4, 0.5) is 0 Å². The van der Waals surface area contributed by atoms with Gasteiger partial charge in [-0.3, -0.25) is 14.0 Å². The minimum Gasteiger partial charge on any atom is -0.390 e. The number of rotatable bonds is 6. The van der Waals surface area contributed by atoms with E-state index in [2.05, 4.69) is 10.6 Å². The SMILES string of the molecule is CNC(=O)c1ccc(-c2cn3c(n2)sc2cc(C(=O)NCCC4(O)CCCC4)ccc23)cc1. The number of nitrogens with zero attached hydrogens (tertiary/aromatic N) is 2. The van der Waals surface area contributed by atoms with E-state index in [0.717, 1.165) is 52.1 Å². The third-order valence-corrected chi connectivity index (χ3v) is 7.45. The summed E-state index contributed by atoms with van der Waals surface area (Å²) in [6.07, 6.45) is 6.34. The molecular weight excluding hydrogens is 436 g/mol. The quantitative estimate of drug-likeness (QED) is 0.404. The first-order valence-corrected chi connectivity index (χ1v) is 12.0. The summed E-state index contributed by atoms with van der Waals surface area (Å²) in [5, 5.41) is 16.0. The highest BCUT2D eigenvalue weighted by molar-refractivity contribution is 7.23. The molecule has 1 aliphatic rings. The normalized spacial score (nSPS) is 15.2. The molecule has 170 valence electrons. The van der Waals surface area contributed by atoms with Crippen molar-refractivity contribution in [3.05, 3.63) is 59.8 Å². The average Bonchev–Trinajstić information content (AvgIpc) is 3.53. The predicted molar refractivity (Wildman–Crippen MR) is 130 cm³/mol. The highest BCUT2D eigenvalue weighted by Gasteiger charge is 2.30. The van der Waals surface area contributed by atoms with Gasteiger partial charge in [0, 0.05) is 36.5 Å². The van der Waals surface area contributed by atoms with Gasteiger partial charge in [-0.1, -0.05) is 36.3 Å². The molecule has 4 aromatic rings. The summed E-state index contributed by atoms with van der Waals surface area (Å²) in [5.74, 6) is -0.242. The molecule has 0 unspecified atom stereocenters. The summed E-state index contributed by atoms with van der Waals surface area (Å²) >= 11 is 1.53. The standard InChI is InChI=1S/C25H26N4O3S/c1-26-22(30)17-6-4-16(5-7-17)19-15-29-20-9-8-18(14-21(20)33-24(29)28-19)23(31)27-13-12-25(32)10-2-3-11-25/h4-9,14-15,32H,2-3,10-13H2,1H3,(H,26,30)(H,27,31). The molecule has 3 N–H and O–H groups in total. The number of thiazole rings is 1. The minimum atomic E-state index is -0.614. The molecule has 2 amide bonds. The van der Waals surface area contributed by atoms with E-state index in [1.54, 1.807) is 19.2 Å². The Morgan fingerprint density at radius 2 is 1.82 bits per heavy atom. The van der Waals surface area contributed by atoms with Gasteiger partial charge in [0.25, 0.3) is 11.8 Å². The van der Waals surface area contributed by atoms with Crippen molar-refractivity contribution in [3.8, 4) is 11.3 Å². The van der Waals surface area contributed by atoms with Gasteiger partial charge in [-0.25, -0.2) is 4.98 Å². The van der Waals surface area contributed by atoms with E-state index in [4.69, 9.17) is 4.98 Å². The van der Waals surface area contributed by atoms with Gasteiger partial charge in [0.15, 0.2) is 4.96 Å². The number of carbonyl (C=O) groups excluding carboxylic acids is 2. The van der Waals surface area contributed by atoms with Crippen LogP contribution in [0.2, 0.25) is 0 Å². The Morgan fingerprint density at radius 3 is 2.55 bits per heavy atom. The maximum absolute atomic E-state index is 12.6. The Morgan fingerprint density at radius 1 is 1.09 bits per heavy atom. The molecular formula is C25H26N4O3S. The smallest absolute Gasteiger partial charge is 0.251 e. The molecule has 2 aromatic heterocycles. The Labute approximate surface area is 195 Å². The van der Waals surface area contributed by atoms with Crippen molar-refractivity contribution < 1.29 is 14.7 Å². The molecule has 5 rings (SSSR count). The monoisotopic (exact) mass is 462 g/mol. The zero-order chi connectivity index (χ0) is 23.0.